The van der Waals surface area contributed by atoms with Gasteiger partial charge >= 0.3 is 0 Å². The lowest BCUT2D eigenvalue weighted by molar-refractivity contribution is 0.169. The topological polar surface area (TPSA) is 12.0 Å². The van der Waals surface area contributed by atoms with E-state index in [0.717, 1.165) is 23.7 Å². The second-order valence-corrected chi connectivity index (χ2v) is 5.80. The van der Waals surface area contributed by atoms with Crippen molar-refractivity contribution in [2.45, 2.75) is 44.9 Å². The van der Waals surface area contributed by atoms with Gasteiger partial charge in [-0.05, 0) is 56.0 Å². The molecule has 1 aliphatic heterocycles. The van der Waals surface area contributed by atoms with Gasteiger partial charge < -0.3 is 5.32 Å². The Balaban J connectivity index is 1.60. The molecule has 0 amide bonds. The Labute approximate surface area is 87.7 Å². The summed E-state index contributed by atoms with van der Waals surface area (Å²) in [5.74, 6) is 4.33. The van der Waals surface area contributed by atoms with Gasteiger partial charge in [0, 0.05) is 0 Å². The van der Waals surface area contributed by atoms with E-state index in [9.17, 15) is 0 Å². The van der Waals surface area contributed by atoms with Crippen LogP contribution < -0.4 is 5.32 Å². The van der Waals surface area contributed by atoms with Crippen LogP contribution in [0.2, 0.25) is 0 Å². The molecule has 0 aromatic carbocycles. The molecule has 80 valence electrons. The molecule has 14 heavy (non-hydrogen) atoms. The minimum Gasteiger partial charge on any atom is -0.316 e. The van der Waals surface area contributed by atoms with E-state index < -0.39 is 0 Å². The smallest absolute Gasteiger partial charge is 0.00172 e. The molecule has 3 unspecified atom stereocenters. The van der Waals surface area contributed by atoms with Crippen molar-refractivity contribution in [1.29, 1.82) is 0 Å². The Morgan fingerprint density at radius 1 is 0.643 bits per heavy atom. The molecule has 0 aromatic rings. The monoisotopic (exact) mass is 193 g/mol. The zero-order chi connectivity index (χ0) is 9.38. The highest BCUT2D eigenvalue weighted by molar-refractivity contribution is 4.90. The van der Waals surface area contributed by atoms with Gasteiger partial charge in [0.1, 0.15) is 0 Å². The van der Waals surface area contributed by atoms with Crippen LogP contribution in [0.4, 0.5) is 0 Å². The summed E-state index contributed by atoms with van der Waals surface area (Å²) in [6.45, 7) is 2.65. The molecule has 1 heteroatoms. The average molecular weight is 193 g/mol. The Bertz CT molecular complexity index is 195. The molecule has 0 radical (unpaired) electrons. The lowest BCUT2D eigenvalue weighted by Crippen LogP contribution is -2.27. The molecular formula is C13H23N. The molecule has 3 rings (SSSR count). The van der Waals surface area contributed by atoms with Crippen LogP contribution in [0.25, 0.3) is 0 Å². The predicted octanol–water partition coefficient (Wildman–Crippen LogP) is 2.81. The fraction of sp³-hybridized carbons (Fsp3) is 1.00. The largest absolute Gasteiger partial charge is 0.316 e. The average Bonchev–Trinajstić information content (AvgIpc) is 2.88. The first kappa shape index (κ1) is 9.21. The lowest BCUT2D eigenvalue weighted by atomic mass is 9.71. The third-order valence-corrected chi connectivity index (χ3v) is 5.06. The van der Waals surface area contributed by atoms with Crippen molar-refractivity contribution < 1.29 is 0 Å². The summed E-state index contributed by atoms with van der Waals surface area (Å²) >= 11 is 0. The van der Waals surface area contributed by atoms with Crippen LogP contribution in [0.15, 0.2) is 0 Å². The van der Waals surface area contributed by atoms with Crippen molar-refractivity contribution in [3.63, 3.8) is 0 Å². The van der Waals surface area contributed by atoms with Crippen molar-refractivity contribution in [3.05, 3.63) is 0 Å². The summed E-state index contributed by atoms with van der Waals surface area (Å²) in [5, 5.41) is 3.58. The fourth-order valence-corrected chi connectivity index (χ4v) is 4.19. The van der Waals surface area contributed by atoms with Crippen molar-refractivity contribution in [2.75, 3.05) is 13.1 Å². The van der Waals surface area contributed by atoms with Gasteiger partial charge in [0.15, 0.2) is 0 Å². The highest BCUT2D eigenvalue weighted by atomic mass is 14.9. The Hall–Kier alpha value is -0.0400. The van der Waals surface area contributed by atoms with E-state index in [1.807, 2.05) is 0 Å². The van der Waals surface area contributed by atoms with Gasteiger partial charge in [-0.15, -0.1) is 0 Å². The van der Waals surface area contributed by atoms with Crippen molar-refractivity contribution in [2.24, 2.45) is 23.7 Å². The van der Waals surface area contributed by atoms with Gasteiger partial charge in [-0.1, -0.05) is 25.7 Å². The number of nitrogens with one attached hydrogen (secondary N) is 1. The fourth-order valence-electron chi connectivity index (χ4n) is 4.19. The van der Waals surface area contributed by atoms with Crippen LogP contribution in [-0.4, -0.2) is 13.1 Å². The molecule has 0 bridgehead atoms. The summed E-state index contributed by atoms with van der Waals surface area (Å²) < 4.78 is 0. The molecule has 2 aliphatic carbocycles. The standard InChI is InChI=1S/C13H23N/c1-2-4-10(3-1)11-5-6-12-8-14-9-13(12)7-11/h10-14H,1-9H2. The van der Waals surface area contributed by atoms with E-state index in [-0.39, 0.29) is 0 Å². The summed E-state index contributed by atoms with van der Waals surface area (Å²) in [6, 6.07) is 0. The molecule has 3 fully saturated rings. The number of hydrogen-bond donors (Lipinski definition) is 1. The molecular weight excluding hydrogens is 170 g/mol. The van der Waals surface area contributed by atoms with Crippen molar-refractivity contribution in [3.8, 4) is 0 Å². The van der Waals surface area contributed by atoms with Crippen LogP contribution in [0.1, 0.15) is 44.9 Å². The molecule has 3 atom stereocenters. The van der Waals surface area contributed by atoms with Crippen LogP contribution >= 0.6 is 0 Å². The van der Waals surface area contributed by atoms with Gasteiger partial charge in [-0.2, -0.15) is 0 Å². The first-order valence-electron chi connectivity index (χ1n) is 6.64. The third kappa shape index (κ3) is 1.60. The number of rotatable bonds is 1. The van der Waals surface area contributed by atoms with Crippen molar-refractivity contribution in [1.82, 2.24) is 5.32 Å². The number of fused-ring (bicyclic) bond motifs is 1. The maximum absolute atomic E-state index is 3.58. The van der Waals surface area contributed by atoms with Gasteiger partial charge in [-0.25, -0.2) is 0 Å². The van der Waals surface area contributed by atoms with E-state index in [1.165, 1.54) is 32.4 Å². The van der Waals surface area contributed by atoms with Gasteiger partial charge in [0.05, 0.1) is 0 Å². The molecule has 1 heterocycles. The minimum atomic E-state index is 1.05. The second-order valence-electron chi connectivity index (χ2n) is 5.80. The normalized spacial score (nSPS) is 44.1. The summed E-state index contributed by atoms with van der Waals surface area (Å²) in [4.78, 5) is 0. The van der Waals surface area contributed by atoms with Gasteiger partial charge in [0.2, 0.25) is 0 Å². The van der Waals surface area contributed by atoms with Gasteiger partial charge in [0.25, 0.3) is 0 Å². The maximum atomic E-state index is 3.58. The number of hydrogen-bond acceptors (Lipinski definition) is 1. The molecule has 1 N–H and O–H groups in total. The summed E-state index contributed by atoms with van der Waals surface area (Å²) in [6.07, 6.45) is 10.8. The quantitative estimate of drug-likeness (QED) is 0.675. The van der Waals surface area contributed by atoms with E-state index in [0.29, 0.717) is 0 Å². The minimum absolute atomic E-state index is 1.05. The lowest BCUT2D eigenvalue weighted by Gasteiger charge is -2.34. The Kier molecular flexibility index (Phi) is 2.53. The van der Waals surface area contributed by atoms with E-state index >= 15 is 0 Å². The second kappa shape index (κ2) is 3.84. The molecule has 2 saturated carbocycles. The molecule has 0 spiro atoms. The first-order chi connectivity index (χ1) is 6.93. The summed E-state index contributed by atoms with van der Waals surface area (Å²) in [5.41, 5.74) is 0. The molecule has 1 nitrogen and oxygen atoms in total. The van der Waals surface area contributed by atoms with E-state index in [1.54, 1.807) is 25.7 Å². The zero-order valence-electron chi connectivity index (χ0n) is 9.17. The van der Waals surface area contributed by atoms with Crippen LogP contribution in [0, 0.1) is 23.7 Å². The van der Waals surface area contributed by atoms with Crippen LogP contribution in [0.5, 0.6) is 0 Å². The highest BCUT2D eigenvalue weighted by Crippen LogP contribution is 2.43. The van der Waals surface area contributed by atoms with Crippen LogP contribution in [-0.2, 0) is 0 Å². The SMILES string of the molecule is C1CCC(C2CCC3CNCC3C2)C1. The Morgan fingerprint density at radius 2 is 1.36 bits per heavy atom. The predicted molar refractivity (Wildman–Crippen MR) is 59.1 cm³/mol. The molecule has 3 aliphatic rings. The van der Waals surface area contributed by atoms with Crippen molar-refractivity contribution >= 4 is 0 Å². The van der Waals surface area contributed by atoms with E-state index in [4.69, 9.17) is 0 Å². The Morgan fingerprint density at radius 3 is 2.21 bits per heavy atom. The maximum Gasteiger partial charge on any atom is -0.00172 e. The first-order valence-corrected chi connectivity index (χ1v) is 6.64. The van der Waals surface area contributed by atoms with Gasteiger partial charge in [-0.3, -0.25) is 0 Å². The highest BCUT2D eigenvalue weighted by Gasteiger charge is 2.37. The zero-order valence-corrected chi connectivity index (χ0v) is 9.17. The van der Waals surface area contributed by atoms with E-state index in [2.05, 4.69) is 5.32 Å². The summed E-state index contributed by atoms with van der Waals surface area (Å²) in [7, 11) is 0. The third-order valence-electron chi connectivity index (χ3n) is 5.06. The molecule has 1 saturated heterocycles. The molecule has 0 aromatic heterocycles. The van der Waals surface area contributed by atoms with Crippen LogP contribution in [0.3, 0.4) is 0 Å².